The molecule has 0 radical (unpaired) electrons. The predicted octanol–water partition coefficient (Wildman–Crippen LogP) is 4.57. The Bertz CT molecular complexity index is 378. The standard InChI is InChI=1S/C18H31NO2/c1-6-10-14(11-7-2)18(19-8-3)17-15(20-4)12-9-13-16(17)21-5/h9,12-14,18-19H,6-8,10-11H2,1-5H3. The summed E-state index contributed by atoms with van der Waals surface area (Å²) in [7, 11) is 3.46. The maximum absolute atomic E-state index is 5.60. The molecular weight excluding hydrogens is 262 g/mol. The van der Waals surface area contributed by atoms with E-state index in [9.17, 15) is 0 Å². The van der Waals surface area contributed by atoms with Crippen LogP contribution in [0.15, 0.2) is 18.2 Å². The number of benzene rings is 1. The highest BCUT2D eigenvalue weighted by Gasteiger charge is 2.27. The molecule has 3 nitrogen and oxygen atoms in total. The number of nitrogens with one attached hydrogen (secondary N) is 1. The number of rotatable bonds is 10. The van der Waals surface area contributed by atoms with Gasteiger partial charge < -0.3 is 14.8 Å². The quantitative estimate of drug-likeness (QED) is 0.685. The molecule has 0 fully saturated rings. The first-order valence-electron chi connectivity index (χ1n) is 8.17. The van der Waals surface area contributed by atoms with Gasteiger partial charge in [-0.15, -0.1) is 0 Å². The van der Waals surface area contributed by atoms with Gasteiger partial charge in [0, 0.05) is 6.04 Å². The fraction of sp³-hybridized carbons (Fsp3) is 0.667. The highest BCUT2D eigenvalue weighted by atomic mass is 16.5. The average molecular weight is 293 g/mol. The molecule has 120 valence electrons. The zero-order chi connectivity index (χ0) is 15.7. The Morgan fingerprint density at radius 2 is 1.48 bits per heavy atom. The molecule has 1 unspecified atom stereocenters. The fourth-order valence-electron chi connectivity index (χ4n) is 3.13. The van der Waals surface area contributed by atoms with E-state index in [2.05, 4.69) is 26.1 Å². The van der Waals surface area contributed by atoms with Crippen molar-refractivity contribution in [1.82, 2.24) is 5.32 Å². The second-order valence-corrected chi connectivity index (χ2v) is 5.45. The van der Waals surface area contributed by atoms with Gasteiger partial charge in [0.1, 0.15) is 11.5 Å². The van der Waals surface area contributed by atoms with Crippen molar-refractivity contribution < 1.29 is 9.47 Å². The Morgan fingerprint density at radius 1 is 0.952 bits per heavy atom. The fourth-order valence-corrected chi connectivity index (χ4v) is 3.13. The first kappa shape index (κ1) is 17.8. The van der Waals surface area contributed by atoms with Gasteiger partial charge >= 0.3 is 0 Å². The molecule has 0 heterocycles. The normalized spacial score (nSPS) is 12.5. The number of hydrogen-bond acceptors (Lipinski definition) is 3. The molecular formula is C18H31NO2. The highest BCUT2D eigenvalue weighted by Crippen LogP contribution is 2.40. The molecule has 0 aliphatic rings. The van der Waals surface area contributed by atoms with Crippen molar-refractivity contribution in [1.29, 1.82) is 0 Å². The highest BCUT2D eigenvalue weighted by molar-refractivity contribution is 5.47. The van der Waals surface area contributed by atoms with E-state index in [1.165, 1.54) is 25.7 Å². The lowest BCUT2D eigenvalue weighted by Gasteiger charge is -2.30. The lowest BCUT2D eigenvalue weighted by Crippen LogP contribution is -2.29. The third kappa shape index (κ3) is 4.63. The van der Waals surface area contributed by atoms with Crippen molar-refractivity contribution >= 4 is 0 Å². The molecule has 1 rings (SSSR count). The van der Waals surface area contributed by atoms with Crippen molar-refractivity contribution in [2.45, 2.75) is 52.5 Å². The molecule has 1 aromatic carbocycles. The van der Waals surface area contributed by atoms with Gasteiger partial charge in [-0.25, -0.2) is 0 Å². The second kappa shape index (κ2) is 9.67. The third-order valence-corrected chi connectivity index (χ3v) is 3.99. The van der Waals surface area contributed by atoms with E-state index in [1.54, 1.807) is 14.2 Å². The third-order valence-electron chi connectivity index (χ3n) is 3.99. The monoisotopic (exact) mass is 293 g/mol. The van der Waals surface area contributed by atoms with Crippen LogP contribution >= 0.6 is 0 Å². The molecule has 1 N–H and O–H groups in total. The summed E-state index contributed by atoms with van der Waals surface area (Å²) in [6.07, 6.45) is 4.83. The zero-order valence-electron chi connectivity index (χ0n) is 14.2. The maximum atomic E-state index is 5.60. The summed E-state index contributed by atoms with van der Waals surface area (Å²) in [6, 6.07) is 6.31. The van der Waals surface area contributed by atoms with E-state index in [1.807, 2.05) is 18.2 Å². The van der Waals surface area contributed by atoms with E-state index in [4.69, 9.17) is 9.47 Å². The Hall–Kier alpha value is -1.22. The molecule has 0 saturated heterocycles. The Morgan fingerprint density at radius 3 is 1.86 bits per heavy atom. The molecule has 3 heteroatoms. The van der Waals surface area contributed by atoms with E-state index in [0.717, 1.165) is 23.6 Å². The van der Waals surface area contributed by atoms with Crippen LogP contribution in [0.3, 0.4) is 0 Å². The second-order valence-electron chi connectivity index (χ2n) is 5.45. The molecule has 0 aromatic heterocycles. The van der Waals surface area contributed by atoms with Crippen LogP contribution in [0.2, 0.25) is 0 Å². The van der Waals surface area contributed by atoms with Crippen LogP contribution in [0.4, 0.5) is 0 Å². The molecule has 0 aliphatic heterocycles. The van der Waals surface area contributed by atoms with Gasteiger partial charge in [0.05, 0.1) is 19.8 Å². The summed E-state index contributed by atoms with van der Waals surface area (Å²) >= 11 is 0. The van der Waals surface area contributed by atoms with Crippen LogP contribution in [0.25, 0.3) is 0 Å². The maximum Gasteiger partial charge on any atom is 0.127 e. The van der Waals surface area contributed by atoms with Crippen LogP contribution in [0.1, 0.15) is 58.1 Å². The minimum Gasteiger partial charge on any atom is -0.496 e. The molecule has 0 aliphatic carbocycles. The van der Waals surface area contributed by atoms with Gasteiger partial charge in [0.2, 0.25) is 0 Å². The lowest BCUT2D eigenvalue weighted by atomic mass is 9.85. The van der Waals surface area contributed by atoms with Gasteiger partial charge in [-0.3, -0.25) is 0 Å². The van der Waals surface area contributed by atoms with Crippen molar-refractivity contribution in [3.63, 3.8) is 0 Å². The van der Waals surface area contributed by atoms with Crippen molar-refractivity contribution in [2.75, 3.05) is 20.8 Å². The topological polar surface area (TPSA) is 30.5 Å². The molecule has 1 aromatic rings. The number of ether oxygens (including phenoxy) is 2. The lowest BCUT2D eigenvalue weighted by molar-refractivity contribution is 0.296. The molecule has 0 amide bonds. The van der Waals surface area contributed by atoms with Crippen molar-refractivity contribution in [3.8, 4) is 11.5 Å². The summed E-state index contributed by atoms with van der Waals surface area (Å²) in [6.45, 7) is 7.61. The molecule has 1 atom stereocenters. The van der Waals surface area contributed by atoms with Gasteiger partial charge in [0.15, 0.2) is 0 Å². The Kier molecular flexibility index (Phi) is 8.21. The number of hydrogen-bond donors (Lipinski definition) is 1. The zero-order valence-corrected chi connectivity index (χ0v) is 14.2. The van der Waals surface area contributed by atoms with Crippen molar-refractivity contribution in [3.05, 3.63) is 23.8 Å². The smallest absolute Gasteiger partial charge is 0.127 e. The van der Waals surface area contributed by atoms with Crippen LogP contribution in [0, 0.1) is 5.92 Å². The average Bonchev–Trinajstić information content (AvgIpc) is 2.51. The summed E-state index contributed by atoms with van der Waals surface area (Å²) in [5, 5.41) is 3.66. The van der Waals surface area contributed by atoms with Gasteiger partial charge in [-0.2, -0.15) is 0 Å². The predicted molar refractivity (Wildman–Crippen MR) is 89.3 cm³/mol. The first-order valence-corrected chi connectivity index (χ1v) is 8.17. The van der Waals surface area contributed by atoms with Gasteiger partial charge in [0.25, 0.3) is 0 Å². The SMILES string of the molecule is CCCC(CCC)C(NCC)c1c(OC)cccc1OC. The van der Waals surface area contributed by atoms with Crippen molar-refractivity contribution in [2.24, 2.45) is 5.92 Å². The minimum absolute atomic E-state index is 0.279. The van der Waals surface area contributed by atoms with Crippen LogP contribution in [0.5, 0.6) is 11.5 Å². The van der Waals surface area contributed by atoms with E-state index in [-0.39, 0.29) is 6.04 Å². The van der Waals surface area contributed by atoms with Crippen LogP contribution in [-0.4, -0.2) is 20.8 Å². The summed E-state index contributed by atoms with van der Waals surface area (Å²) in [5.74, 6) is 2.43. The minimum atomic E-state index is 0.279. The van der Waals surface area contributed by atoms with Gasteiger partial charge in [-0.05, 0) is 37.4 Å². The molecule has 0 saturated carbocycles. The molecule has 21 heavy (non-hydrogen) atoms. The van der Waals surface area contributed by atoms with E-state index in [0.29, 0.717) is 5.92 Å². The largest absolute Gasteiger partial charge is 0.496 e. The summed E-state index contributed by atoms with van der Waals surface area (Å²) in [5.41, 5.74) is 1.16. The molecule has 0 bridgehead atoms. The molecule has 0 spiro atoms. The van der Waals surface area contributed by atoms with E-state index < -0.39 is 0 Å². The Labute approximate surface area is 130 Å². The van der Waals surface area contributed by atoms with Gasteiger partial charge in [-0.1, -0.05) is 39.7 Å². The summed E-state index contributed by atoms with van der Waals surface area (Å²) in [4.78, 5) is 0. The van der Waals surface area contributed by atoms with Crippen LogP contribution in [-0.2, 0) is 0 Å². The van der Waals surface area contributed by atoms with E-state index >= 15 is 0 Å². The number of methoxy groups -OCH3 is 2. The summed E-state index contributed by atoms with van der Waals surface area (Å²) < 4.78 is 11.2. The Balaban J connectivity index is 3.24. The van der Waals surface area contributed by atoms with Crippen LogP contribution < -0.4 is 14.8 Å². The first-order chi connectivity index (χ1) is 10.2.